The first kappa shape index (κ1) is 15.4. The molecule has 0 aliphatic carbocycles. The van der Waals surface area contributed by atoms with E-state index in [0.717, 1.165) is 11.0 Å². The zero-order chi connectivity index (χ0) is 15.5. The van der Waals surface area contributed by atoms with Gasteiger partial charge in [0, 0.05) is 6.54 Å². The highest BCUT2D eigenvalue weighted by molar-refractivity contribution is 5.78. The fourth-order valence-corrected chi connectivity index (χ4v) is 2.55. The van der Waals surface area contributed by atoms with Gasteiger partial charge in [0.25, 0.3) is 0 Å². The molecule has 0 amide bonds. The second kappa shape index (κ2) is 6.22. The van der Waals surface area contributed by atoms with Gasteiger partial charge < -0.3 is 9.64 Å². The Hall–Kier alpha value is -1.95. The molecule has 114 valence electrons. The van der Waals surface area contributed by atoms with Crippen LogP contribution < -0.4 is 0 Å². The van der Waals surface area contributed by atoms with Crippen LogP contribution in [0, 0.1) is 5.41 Å². The molecule has 6 nitrogen and oxygen atoms in total. The van der Waals surface area contributed by atoms with E-state index < -0.39 is 5.41 Å². The largest absolute Gasteiger partial charge is 0.465 e. The Balaban J connectivity index is 2.32. The number of benzene rings is 1. The van der Waals surface area contributed by atoms with Crippen molar-refractivity contribution >= 4 is 17.0 Å². The van der Waals surface area contributed by atoms with Crippen LogP contribution in [0.1, 0.15) is 13.8 Å². The van der Waals surface area contributed by atoms with E-state index in [9.17, 15) is 4.79 Å². The topological polar surface area (TPSA) is 60.2 Å². The van der Waals surface area contributed by atoms with E-state index >= 15 is 0 Å². The molecule has 6 heteroatoms. The third-order valence-corrected chi connectivity index (χ3v) is 3.35. The molecular weight excluding hydrogens is 268 g/mol. The Morgan fingerprint density at radius 1 is 1.38 bits per heavy atom. The van der Waals surface area contributed by atoms with Gasteiger partial charge in [-0.1, -0.05) is 17.3 Å². The van der Waals surface area contributed by atoms with Gasteiger partial charge in [-0.25, -0.2) is 4.68 Å². The summed E-state index contributed by atoms with van der Waals surface area (Å²) >= 11 is 0. The zero-order valence-corrected chi connectivity index (χ0v) is 13.0. The van der Waals surface area contributed by atoms with Crippen LogP contribution in [0.2, 0.25) is 0 Å². The van der Waals surface area contributed by atoms with Gasteiger partial charge in [-0.05, 0) is 40.1 Å². The maximum absolute atomic E-state index is 12.4. The third kappa shape index (κ3) is 3.39. The molecule has 0 saturated carbocycles. The highest BCUT2D eigenvalue weighted by Gasteiger charge is 2.36. The summed E-state index contributed by atoms with van der Waals surface area (Å²) in [6.07, 6.45) is 0. The molecule has 1 aromatic heterocycles. The quantitative estimate of drug-likeness (QED) is 0.756. The lowest BCUT2D eigenvalue weighted by atomic mass is 9.90. The van der Waals surface area contributed by atoms with Gasteiger partial charge in [0.05, 0.1) is 24.1 Å². The number of esters is 1. The number of aromatic nitrogens is 3. The minimum absolute atomic E-state index is 0.210. The molecule has 0 bridgehead atoms. The molecule has 1 unspecified atom stereocenters. The molecule has 1 atom stereocenters. The predicted molar refractivity (Wildman–Crippen MR) is 80.8 cm³/mol. The number of rotatable bonds is 6. The minimum atomic E-state index is -0.671. The number of hydrogen-bond donors (Lipinski definition) is 0. The van der Waals surface area contributed by atoms with E-state index in [4.69, 9.17) is 4.74 Å². The van der Waals surface area contributed by atoms with Crippen LogP contribution in [-0.2, 0) is 16.1 Å². The van der Waals surface area contributed by atoms with Gasteiger partial charge in [0.15, 0.2) is 0 Å². The van der Waals surface area contributed by atoms with E-state index in [2.05, 4.69) is 10.3 Å². The van der Waals surface area contributed by atoms with Crippen molar-refractivity contribution in [1.29, 1.82) is 0 Å². The van der Waals surface area contributed by atoms with Crippen molar-refractivity contribution < 1.29 is 9.53 Å². The summed E-state index contributed by atoms with van der Waals surface area (Å²) in [5.74, 6) is -0.210. The zero-order valence-electron chi connectivity index (χ0n) is 13.0. The second-order valence-electron chi connectivity index (χ2n) is 5.75. The fraction of sp³-hybridized carbons (Fsp3) is 0.533. The lowest BCUT2D eigenvalue weighted by Gasteiger charge is -2.30. The summed E-state index contributed by atoms with van der Waals surface area (Å²) in [6, 6.07) is 7.73. The molecule has 2 rings (SSSR count). The molecular formula is C15H22N4O2. The van der Waals surface area contributed by atoms with Gasteiger partial charge in [-0.2, -0.15) is 0 Å². The molecule has 0 N–H and O–H groups in total. The molecule has 0 radical (unpaired) electrons. The van der Waals surface area contributed by atoms with Crippen LogP contribution in [0.5, 0.6) is 0 Å². The van der Waals surface area contributed by atoms with E-state index in [1.807, 2.05) is 57.1 Å². The van der Waals surface area contributed by atoms with Crippen LogP contribution in [0.25, 0.3) is 11.0 Å². The summed E-state index contributed by atoms with van der Waals surface area (Å²) in [5.41, 5.74) is 1.08. The van der Waals surface area contributed by atoms with Crippen LogP contribution in [0.3, 0.4) is 0 Å². The Kier molecular flexibility index (Phi) is 4.57. The number of nitrogens with zero attached hydrogens (tertiary/aromatic N) is 4. The molecule has 2 aromatic rings. The lowest BCUT2D eigenvalue weighted by Crippen LogP contribution is -2.42. The molecule has 1 heterocycles. The van der Waals surface area contributed by atoms with E-state index in [-0.39, 0.29) is 5.97 Å². The Morgan fingerprint density at radius 2 is 2.10 bits per heavy atom. The maximum atomic E-state index is 12.4. The fourth-order valence-electron chi connectivity index (χ4n) is 2.55. The van der Waals surface area contributed by atoms with Crippen LogP contribution in [0.15, 0.2) is 24.3 Å². The average Bonchev–Trinajstić information content (AvgIpc) is 2.81. The molecule has 21 heavy (non-hydrogen) atoms. The molecule has 0 aliphatic heterocycles. The van der Waals surface area contributed by atoms with Crippen molar-refractivity contribution in [2.24, 2.45) is 5.41 Å². The molecule has 0 saturated heterocycles. The van der Waals surface area contributed by atoms with Crippen LogP contribution in [0.4, 0.5) is 0 Å². The van der Waals surface area contributed by atoms with E-state index in [0.29, 0.717) is 19.7 Å². The number of fused-ring (bicyclic) bond motifs is 1. The third-order valence-electron chi connectivity index (χ3n) is 3.35. The first-order valence-corrected chi connectivity index (χ1v) is 7.06. The summed E-state index contributed by atoms with van der Waals surface area (Å²) < 4.78 is 7.02. The lowest BCUT2D eigenvalue weighted by molar-refractivity contribution is -0.156. The predicted octanol–water partition coefficient (Wildman–Crippen LogP) is 1.56. The first-order valence-electron chi connectivity index (χ1n) is 7.06. The highest BCUT2D eigenvalue weighted by Crippen LogP contribution is 2.24. The number of carbonyl (C=O) groups is 1. The SMILES string of the molecule is CCOC(=O)C(C)(CN(C)C)Cn1nnc2ccccc21. The molecule has 1 aromatic carbocycles. The van der Waals surface area contributed by atoms with E-state index in [1.54, 1.807) is 4.68 Å². The number of carbonyl (C=O) groups excluding carboxylic acids is 1. The van der Waals surface area contributed by atoms with Crippen LogP contribution in [-0.4, -0.2) is 53.1 Å². The van der Waals surface area contributed by atoms with Crippen molar-refractivity contribution in [2.75, 3.05) is 27.2 Å². The van der Waals surface area contributed by atoms with Gasteiger partial charge in [0.1, 0.15) is 5.52 Å². The number of para-hydroxylation sites is 1. The van der Waals surface area contributed by atoms with Gasteiger partial charge in [0.2, 0.25) is 0 Å². The monoisotopic (exact) mass is 290 g/mol. The summed E-state index contributed by atoms with van der Waals surface area (Å²) in [5, 5.41) is 8.31. The second-order valence-corrected chi connectivity index (χ2v) is 5.75. The highest BCUT2D eigenvalue weighted by atomic mass is 16.5. The number of ether oxygens (including phenoxy) is 1. The van der Waals surface area contributed by atoms with Gasteiger partial charge >= 0.3 is 5.97 Å². The number of hydrogen-bond acceptors (Lipinski definition) is 5. The van der Waals surface area contributed by atoms with E-state index in [1.165, 1.54) is 0 Å². The normalized spacial score (nSPS) is 14.3. The van der Waals surface area contributed by atoms with Crippen molar-refractivity contribution in [1.82, 2.24) is 19.9 Å². The molecule has 0 fully saturated rings. The Bertz CT molecular complexity index is 623. The van der Waals surface area contributed by atoms with Gasteiger partial charge in [-0.3, -0.25) is 4.79 Å². The smallest absolute Gasteiger partial charge is 0.314 e. The van der Waals surface area contributed by atoms with Crippen molar-refractivity contribution in [2.45, 2.75) is 20.4 Å². The summed E-state index contributed by atoms with van der Waals surface area (Å²) in [7, 11) is 3.88. The first-order chi connectivity index (χ1) is 9.96. The Labute approximate surface area is 124 Å². The summed E-state index contributed by atoms with van der Waals surface area (Å²) in [4.78, 5) is 14.3. The molecule has 0 spiro atoms. The standard InChI is InChI=1S/C15H22N4O2/c1-5-21-14(20)15(2,10-18(3)4)11-19-13-9-7-6-8-12(13)16-17-19/h6-9H,5,10-11H2,1-4H3. The van der Waals surface area contributed by atoms with Crippen molar-refractivity contribution in [3.8, 4) is 0 Å². The van der Waals surface area contributed by atoms with Crippen LogP contribution >= 0.6 is 0 Å². The Morgan fingerprint density at radius 3 is 2.76 bits per heavy atom. The van der Waals surface area contributed by atoms with Crippen molar-refractivity contribution in [3.63, 3.8) is 0 Å². The molecule has 0 aliphatic rings. The maximum Gasteiger partial charge on any atom is 0.314 e. The average molecular weight is 290 g/mol. The minimum Gasteiger partial charge on any atom is -0.465 e. The van der Waals surface area contributed by atoms with Gasteiger partial charge in [-0.15, -0.1) is 5.10 Å². The summed E-state index contributed by atoms with van der Waals surface area (Å²) in [6.45, 7) is 5.12. The van der Waals surface area contributed by atoms with Crippen molar-refractivity contribution in [3.05, 3.63) is 24.3 Å².